The summed E-state index contributed by atoms with van der Waals surface area (Å²) in [6.07, 6.45) is 3.97. The number of rotatable bonds is 6. The van der Waals surface area contributed by atoms with Crippen molar-refractivity contribution in [3.8, 4) is 11.4 Å². The number of nitro benzene ring substituents is 1. The lowest BCUT2D eigenvalue weighted by molar-refractivity contribution is -0.384. The highest BCUT2D eigenvalue weighted by Crippen LogP contribution is 2.25. The Labute approximate surface area is 160 Å². The van der Waals surface area contributed by atoms with E-state index in [9.17, 15) is 14.9 Å². The molecule has 0 aliphatic carbocycles. The molecule has 3 rings (SSSR count). The van der Waals surface area contributed by atoms with E-state index in [0.717, 1.165) is 17.2 Å². The van der Waals surface area contributed by atoms with E-state index in [1.54, 1.807) is 12.4 Å². The molecule has 7 nitrogen and oxygen atoms in total. The van der Waals surface area contributed by atoms with Gasteiger partial charge in [-0.25, -0.2) is 9.97 Å². The normalized spacial score (nSPS) is 10.4. The van der Waals surface area contributed by atoms with Gasteiger partial charge in [-0.3, -0.25) is 14.9 Å². The topological polar surface area (TPSA) is 98.0 Å². The van der Waals surface area contributed by atoms with E-state index in [1.165, 1.54) is 12.1 Å². The third-order valence-electron chi connectivity index (χ3n) is 3.84. The van der Waals surface area contributed by atoms with Gasteiger partial charge in [-0.2, -0.15) is 0 Å². The maximum absolute atomic E-state index is 12.2. The van der Waals surface area contributed by atoms with Crippen molar-refractivity contribution in [2.75, 3.05) is 6.54 Å². The minimum atomic E-state index is -0.620. The number of halogens is 1. The van der Waals surface area contributed by atoms with E-state index in [0.29, 0.717) is 18.8 Å². The summed E-state index contributed by atoms with van der Waals surface area (Å²) in [6, 6.07) is 13.6. The summed E-state index contributed by atoms with van der Waals surface area (Å²) < 4.78 is 0. The molecule has 8 heteroatoms. The predicted octanol–water partition coefficient (Wildman–Crippen LogP) is 3.68. The van der Waals surface area contributed by atoms with Crippen LogP contribution in [0.2, 0.25) is 5.02 Å². The first-order chi connectivity index (χ1) is 13.0. The first-order valence-electron chi connectivity index (χ1n) is 8.13. The van der Waals surface area contributed by atoms with Gasteiger partial charge in [0.25, 0.3) is 11.6 Å². The third-order valence-corrected chi connectivity index (χ3v) is 4.16. The zero-order valence-electron chi connectivity index (χ0n) is 14.1. The van der Waals surface area contributed by atoms with Gasteiger partial charge in [-0.1, -0.05) is 41.9 Å². The second-order valence-corrected chi connectivity index (χ2v) is 6.12. The molecule has 0 bridgehead atoms. The van der Waals surface area contributed by atoms with Crippen molar-refractivity contribution in [1.82, 2.24) is 15.3 Å². The van der Waals surface area contributed by atoms with Crippen LogP contribution in [-0.2, 0) is 6.42 Å². The number of nitrogens with zero attached hydrogens (tertiary/aromatic N) is 3. The second kappa shape index (κ2) is 8.37. The van der Waals surface area contributed by atoms with Crippen LogP contribution in [0.25, 0.3) is 11.4 Å². The molecule has 27 heavy (non-hydrogen) atoms. The number of carbonyl (C=O) groups excluding carboxylic acids is 1. The van der Waals surface area contributed by atoms with Gasteiger partial charge in [-0.05, 0) is 24.1 Å². The zero-order chi connectivity index (χ0) is 19.2. The first-order valence-corrected chi connectivity index (χ1v) is 8.51. The molecule has 1 N–H and O–H groups in total. The van der Waals surface area contributed by atoms with Crippen molar-refractivity contribution >= 4 is 23.2 Å². The van der Waals surface area contributed by atoms with Gasteiger partial charge in [-0.15, -0.1) is 0 Å². The summed E-state index contributed by atoms with van der Waals surface area (Å²) in [4.78, 5) is 31.1. The smallest absolute Gasteiger partial charge is 0.288 e. The molecule has 0 saturated carbocycles. The van der Waals surface area contributed by atoms with Crippen LogP contribution in [0.3, 0.4) is 0 Å². The number of carbonyl (C=O) groups is 1. The Morgan fingerprint density at radius 2 is 1.81 bits per heavy atom. The van der Waals surface area contributed by atoms with Crippen molar-refractivity contribution in [2.24, 2.45) is 0 Å². The lowest BCUT2D eigenvalue weighted by Crippen LogP contribution is -2.25. The van der Waals surface area contributed by atoms with Gasteiger partial charge in [0.15, 0.2) is 5.82 Å². The predicted molar refractivity (Wildman–Crippen MR) is 102 cm³/mol. The molecular weight excluding hydrogens is 368 g/mol. The van der Waals surface area contributed by atoms with Gasteiger partial charge in [0.2, 0.25) is 0 Å². The molecule has 0 aliphatic heterocycles. The van der Waals surface area contributed by atoms with Crippen LogP contribution in [0, 0.1) is 10.1 Å². The molecule has 0 atom stereocenters. The van der Waals surface area contributed by atoms with Crippen LogP contribution >= 0.6 is 11.6 Å². The van der Waals surface area contributed by atoms with Crippen molar-refractivity contribution < 1.29 is 9.72 Å². The molecule has 0 spiro atoms. The molecule has 3 aromatic rings. The lowest BCUT2D eigenvalue weighted by atomic mass is 10.1. The highest BCUT2D eigenvalue weighted by molar-refractivity contribution is 6.32. The molecular formula is C19H15ClN4O3. The van der Waals surface area contributed by atoms with Crippen LogP contribution in [0.4, 0.5) is 5.69 Å². The Kier molecular flexibility index (Phi) is 5.73. The average molecular weight is 383 g/mol. The second-order valence-electron chi connectivity index (χ2n) is 5.71. The standard InChI is InChI=1S/C19H15ClN4O3/c20-16-7-6-15(10-17(16)24(26)27)19(25)21-9-8-13-11-22-18(23-12-13)14-4-2-1-3-5-14/h1-7,10-12H,8-9H2,(H,21,25). The van der Waals surface area contributed by atoms with Gasteiger partial charge >= 0.3 is 0 Å². The number of benzene rings is 2. The Morgan fingerprint density at radius 3 is 2.48 bits per heavy atom. The Balaban J connectivity index is 1.57. The van der Waals surface area contributed by atoms with Crippen molar-refractivity contribution in [3.05, 3.63) is 87.2 Å². The van der Waals surface area contributed by atoms with Gasteiger partial charge in [0, 0.05) is 36.1 Å². The molecule has 2 aromatic carbocycles. The van der Waals surface area contributed by atoms with E-state index < -0.39 is 10.8 Å². The van der Waals surface area contributed by atoms with Gasteiger partial charge < -0.3 is 5.32 Å². The fourth-order valence-corrected chi connectivity index (χ4v) is 2.62. The third kappa shape index (κ3) is 4.65. The lowest BCUT2D eigenvalue weighted by Gasteiger charge is -2.06. The summed E-state index contributed by atoms with van der Waals surface area (Å²) in [7, 11) is 0. The number of hydrogen-bond donors (Lipinski definition) is 1. The molecule has 0 saturated heterocycles. The van der Waals surface area contributed by atoms with E-state index in [4.69, 9.17) is 11.6 Å². The summed E-state index contributed by atoms with van der Waals surface area (Å²) >= 11 is 5.75. The molecule has 1 aromatic heterocycles. The molecule has 136 valence electrons. The summed E-state index contributed by atoms with van der Waals surface area (Å²) in [5, 5.41) is 13.6. The summed E-state index contributed by atoms with van der Waals surface area (Å²) in [5.41, 5.74) is 1.69. The maximum atomic E-state index is 12.2. The molecule has 0 unspecified atom stereocenters. The van der Waals surface area contributed by atoms with E-state index in [2.05, 4.69) is 15.3 Å². The van der Waals surface area contributed by atoms with E-state index in [1.807, 2.05) is 30.3 Å². The van der Waals surface area contributed by atoms with Crippen LogP contribution in [0.5, 0.6) is 0 Å². The largest absolute Gasteiger partial charge is 0.352 e. The number of hydrogen-bond acceptors (Lipinski definition) is 5. The van der Waals surface area contributed by atoms with Crippen molar-refractivity contribution in [2.45, 2.75) is 6.42 Å². The quantitative estimate of drug-likeness (QED) is 0.518. The monoisotopic (exact) mass is 382 g/mol. The van der Waals surface area contributed by atoms with Crippen molar-refractivity contribution in [3.63, 3.8) is 0 Å². The fraction of sp³-hybridized carbons (Fsp3) is 0.105. The Hall–Kier alpha value is -3.32. The molecule has 0 fully saturated rings. The first kappa shape index (κ1) is 18.5. The minimum absolute atomic E-state index is 0.00722. The van der Waals surface area contributed by atoms with Crippen LogP contribution in [0.15, 0.2) is 60.9 Å². The SMILES string of the molecule is O=C(NCCc1cnc(-c2ccccc2)nc1)c1ccc(Cl)c([N+](=O)[O-])c1. The van der Waals surface area contributed by atoms with Gasteiger partial charge in [0.05, 0.1) is 4.92 Å². The van der Waals surface area contributed by atoms with E-state index >= 15 is 0 Å². The van der Waals surface area contributed by atoms with Crippen LogP contribution in [0.1, 0.15) is 15.9 Å². The Bertz CT molecular complexity index is 962. The Morgan fingerprint density at radius 1 is 1.11 bits per heavy atom. The molecule has 1 amide bonds. The van der Waals surface area contributed by atoms with Crippen LogP contribution < -0.4 is 5.32 Å². The highest BCUT2D eigenvalue weighted by Gasteiger charge is 2.16. The highest BCUT2D eigenvalue weighted by atomic mass is 35.5. The fourth-order valence-electron chi connectivity index (χ4n) is 2.44. The molecule has 1 heterocycles. The van der Waals surface area contributed by atoms with Gasteiger partial charge in [0.1, 0.15) is 5.02 Å². The summed E-state index contributed by atoms with van der Waals surface area (Å²) in [5.74, 6) is 0.230. The molecule has 0 radical (unpaired) electrons. The summed E-state index contributed by atoms with van der Waals surface area (Å²) in [6.45, 7) is 0.350. The minimum Gasteiger partial charge on any atom is -0.352 e. The zero-order valence-corrected chi connectivity index (χ0v) is 14.9. The number of nitrogens with one attached hydrogen (secondary N) is 1. The number of aromatic nitrogens is 2. The van der Waals surface area contributed by atoms with Crippen LogP contribution in [-0.4, -0.2) is 27.3 Å². The number of nitro groups is 1. The number of amides is 1. The van der Waals surface area contributed by atoms with E-state index in [-0.39, 0.29) is 16.3 Å². The van der Waals surface area contributed by atoms with Crippen molar-refractivity contribution in [1.29, 1.82) is 0 Å². The maximum Gasteiger partial charge on any atom is 0.288 e. The molecule has 0 aliphatic rings. The average Bonchev–Trinajstić information content (AvgIpc) is 2.69.